The maximum absolute atomic E-state index is 12.9. The van der Waals surface area contributed by atoms with E-state index in [-0.39, 0.29) is 11.9 Å². The van der Waals surface area contributed by atoms with E-state index in [0.717, 1.165) is 18.4 Å². The van der Waals surface area contributed by atoms with Crippen molar-refractivity contribution >= 4 is 11.6 Å². The van der Waals surface area contributed by atoms with Gasteiger partial charge >= 0.3 is 0 Å². The third kappa shape index (κ3) is 4.56. The van der Waals surface area contributed by atoms with Crippen molar-refractivity contribution in [2.24, 2.45) is 0 Å². The van der Waals surface area contributed by atoms with Gasteiger partial charge in [0.05, 0.1) is 12.2 Å². The summed E-state index contributed by atoms with van der Waals surface area (Å²) in [6.45, 7) is 4.52. The molecule has 0 heterocycles. The van der Waals surface area contributed by atoms with Crippen LogP contribution in [0.1, 0.15) is 32.3 Å². The van der Waals surface area contributed by atoms with E-state index in [1.54, 1.807) is 6.07 Å². The molecule has 1 aromatic rings. The predicted octanol–water partition coefficient (Wildman–Crippen LogP) is 3.59. The molecule has 1 aromatic carbocycles. The van der Waals surface area contributed by atoms with Gasteiger partial charge in [0.15, 0.2) is 0 Å². The first-order valence-electron chi connectivity index (χ1n) is 6.32. The molecular formula is C14H20ClFO2. The summed E-state index contributed by atoms with van der Waals surface area (Å²) in [6.07, 6.45) is 1.31. The van der Waals surface area contributed by atoms with Crippen LogP contribution in [-0.2, 0) is 11.2 Å². The van der Waals surface area contributed by atoms with Crippen molar-refractivity contribution in [1.82, 2.24) is 0 Å². The van der Waals surface area contributed by atoms with E-state index in [1.807, 2.05) is 13.8 Å². The van der Waals surface area contributed by atoms with Crippen LogP contribution in [0.25, 0.3) is 0 Å². The summed E-state index contributed by atoms with van der Waals surface area (Å²) in [5, 5.41) is 10.5. The summed E-state index contributed by atoms with van der Waals surface area (Å²) in [7, 11) is 0. The van der Waals surface area contributed by atoms with Crippen LogP contribution in [0.2, 0.25) is 5.02 Å². The third-order valence-corrected chi connectivity index (χ3v) is 3.18. The van der Waals surface area contributed by atoms with Gasteiger partial charge in [-0.05, 0) is 31.0 Å². The second-order valence-corrected chi connectivity index (χ2v) is 4.70. The zero-order valence-electron chi connectivity index (χ0n) is 10.8. The van der Waals surface area contributed by atoms with Gasteiger partial charge in [0.2, 0.25) is 0 Å². The standard InChI is InChI=1S/C14H20ClFO2/c1-3-5-14(18-4-2)13(17)8-10-6-7-11(16)9-12(10)15/h6-7,9,13-14,17H,3-5,8H2,1-2H3. The lowest BCUT2D eigenvalue weighted by Gasteiger charge is -2.22. The minimum atomic E-state index is -0.618. The fourth-order valence-corrected chi connectivity index (χ4v) is 2.17. The molecule has 4 heteroatoms. The van der Waals surface area contributed by atoms with Crippen LogP contribution in [0.15, 0.2) is 18.2 Å². The van der Waals surface area contributed by atoms with Crippen molar-refractivity contribution in [2.45, 2.75) is 45.3 Å². The van der Waals surface area contributed by atoms with Crippen molar-refractivity contribution in [2.75, 3.05) is 6.61 Å². The number of hydrogen-bond acceptors (Lipinski definition) is 2. The van der Waals surface area contributed by atoms with Crippen molar-refractivity contribution in [3.63, 3.8) is 0 Å². The Hall–Kier alpha value is -0.640. The highest BCUT2D eigenvalue weighted by molar-refractivity contribution is 6.31. The largest absolute Gasteiger partial charge is 0.390 e. The van der Waals surface area contributed by atoms with Gasteiger partial charge in [0.1, 0.15) is 5.82 Å². The van der Waals surface area contributed by atoms with Crippen molar-refractivity contribution < 1.29 is 14.2 Å². The molecule has 0 amide bonds. The summed E-state index contributed by atoms with van der Waals surface area (Å²) in [5.41, 5.74) is 0.742. The summed E-state index contributed by atoms with van der Waals surface area (Å²) < 4.78 is 18.4. The molecule has 0 aliphatic rings. The Labute approximate surface area is 113 Å². The van der Waals surface area contributed by atoms with Crippen LogP contribution < -0.4 is 0 Å². The molecule has 1 rings (SSSR count). The first-order valence-corrected chi connectivity index (χ1v) is 6.69. The van der Waals surface area contributed by atoms with Gasteiger partial charge < -0.3 is 9.84 Å². The Morgan fingerprint density at radius 1 is 1.39 bits per heavy atom. The van der Waals surface area contributed by atoms with Crippen LogP contribution in [0, 0.1) is 5.82 Å². The Bertz CT molecular complexity index is 365. The second kappa shape index (κ2) is 7.72. The Morgan fingerprint density at radius 3 is 2.67 bits per heavy atom. The minimum Gasteiger partial charge on any atom is -0.390 e. The molecule has 0 bridgehead atoms. The SMILES string of the molecule is CCCC(OCC)C(O)Cc1ccc(F)cc1Cl. The van der Waals surface area contributed by atoms with E-state index in [4.69, 9.17) is 16.3 Å². The average molecular weight is 275 g/mol. The molecule has 0 aliphatic heterocycles. The Morgan fingerprint density at radius 2 is 2.11 bits per heavy atom. The van der Waals surface area contributed by atoms with E-state index in [9.17, 15) is 9.50 Å². The molecule has 2 nitrogen and oxygen atoms in total. The number of benzene rings is 1. The zero-order chi connectivity index (χ0) is 13.5. The topological polar surface area (TPSA) is 29.5 Å². The molecule has 0 radical (unpaired) electrons. The first kappa shape index (κ1) is 15.4. The van der Waals surface area contributed by atoms with Crippen LogP contribution >= 0.6 is 11.6 Å². The number of halogens is 2. The lowest BCUT2D eigenvalue weighted by atomic mass is 10.0. The van der Waals surface area contributed by atoms with Crippen molar-refractivity contribution in [1.29, 1.82) is 0 Å². The number of hydrogen-bond donors (Lipinski definition) is 1. The van der Waals surface area contributed by atoms with Crippen LogP contribution in [0.4, 0.5) is 4.39 Å². The molecule has 0 saturated carbocycles. The molecule has 0 aromatic heterocycles. The summed E-state index contributed by atoms with van der Waals surface area (Å²) >= 11 is 5.94. The van der Waals surface area contributed by atoms with Crippen LogP contribution in [0.5, 0.6) is 0 Å². The van der Waals surface area contributed by atoms with Gasteiger partial charge in [-0.2, -0.15) is 0 Å². The van der Waals surface area contributed by atoms with Gasteiger partial charge in [0, 0.05) is 18.1 Å². The number of rotatable bonds is 7. The molecule has 0 spiro atoms. The van der Waals surface area contributed by atoms with E-state index in [1.165, 1.54) is 12.1 Å². The molecule has 0 aliphatic carbocycles. The van der Waals surface area contributed by atoms with Gasteiger partial charge in [-0.1, -0.05) is 31.0 Å². The molecule has 1 N–H and O–H groups in total. The quantitative estimate of drug-likeness (QED) is 0.823. The average Bonchev–Trinajstić information content (AvgIpc) is 2.32. The maximum Gasteiger partial charge on any atom is 0.124 e. The summed E-state index contributed by atoms with van der Waals surface area (Å²) in [6, 6.07) is 4.22. The normalized spacial score (nSPS) is 14.5. The van der Waals surface area contributed by atoms with Crippen LogP contribution in [-0.4, -0.2) is 23.9 Å². The number of aliphatic hydroxyl groups is 1. The predicted molar refractivity (Wildman–Crippen MR) is 71.4 cm³/mol. The third-order valence-electron chi connectivity index (χ3n) is 2.83. The Kier molecular flexibility index (Phi) is 6.61. The molecule has 0 fully saturated rings. The first-order chi connectivity index (χ1) is 8.58. The fourth-order valence-electron chi connectivity index (χ4n) is 1.93. The summed E-state index contributed by atoms with van der Waals surface area (Å²) in [4.78, 5) is 0. The number of aliphatic hydroxyl groups excluding tert-OH is 1. The molecule has 2 unspecified atom stereocenters. The smallest absolute Gasteiger partial charge is 0.124 e. The highest BCUT2D eigenvalue weighted by Gasteiger charge is 2.20. The minimum absolute atomic E-state index is 0.193. The van der Waals surface area contributed by atoms with Gasteiger partial charge in [0.25, 0.3) is 0 Å². The van der Waals surface area contributed by atoms with Gasteiger partial charge in [-0.15, -0.1) is 0 Å². The van der Waals surface area contributed by atoms with Gasteiger partial charge in [-0.25, -0.2) is 4.39 Å². The lowest BCUT2D eigenvalue weighted by molar-refractivity contribution is -0.0363. The highest BCUT2D eigenvalue weighted by Crippen LogP contribution is 2.21. The fraction of sp³-hybridized carbons (Fsp3) is 0.571. The van der Waals surface area contributed by atoms with E-state index < -0.39 is 6.10 Å². The zero-order valence-corrected chi connectivity index (χ0v) is 11.6. The highest BCUT2D eigenvalue weighted by atomic mass is 35.5. The molecular weight excluding hydrogens is 255 g/mol. The molecule has 102 valence electrons. The van der Waals surface area contributed by atoms with E-state index >= 15 is 0 Å². The number of ether oxygens (including phenoxy) is 1. The van der Waals surface area contributed by atoms with Crippen LogP contribution in [0.3, 0.4) is 0 Å². The van der Waals surface area contributed by atoms with Gasteiger partial charge in [-0.3, -0.25) is 0 Å². The maximum atomic E-state index is 12.9. The van der Waals surface area contributed by atoms with Crippen molar-refractivity contribution in [3.8, 4) is 0 Å². The molecule has 0 saturated heterocycles. The second-order valence-electron chi connectivity index (χ2n) is 4.29. The van der Waals surface area contributed by atoms with Crippen molar-refractivity contribution in [3.05, 3.63) is 34.6 Å². The van der Waals surface area contributed by atoms with E-state index in [0.29, 0.717) is 18.1 Å². The lowest BCUT2D eigenvalue weighted by Crippen LogP contribution is -2.31. The van der Waals surface area contributed by atoms with E-state index in [2.05, 4.69) is 0 Å². The molecule has 18 heavy (non-hydrogen) atoms. The Balaban J connectivity index is 2.69. The monoisotopic (exact) mass is 274 g/mol. The molecule has 2 atom stereocenters. The summed E-state index contributed by atoms with van der Waals surface area (Å²) in [5.74, 6) is -0.367.